The summed E-state index contributed by atoms with van der Waals surface area (Å²) in [6.07, 6.45) is 0. The van der Waals surface area contributed by atoms with Crippen molar-refractivity contribution in [3.63, 3.8) is 0 Å². The van der Waals surface area contributed by atoms with Crippen molar-refractivity contribution in [2.24, 2.45) is 0 Å². The Morgan fingerprint density at radius 2 is 1.64 bits per heavy atom. The fourth-order valence-corrected chi connectivity index (χ4v) is 2.41. The van der Waals surface area contributed by atoms with Gasteiger partial charge in [-0.2, -0.15) is 0 Å². The Balaban J connectivity index is 1.89. The third-order valence-corrected chi connectivity index (χ3v) is 3.53. The predicted octanol–water partition coefficient (Wildman–Crippen LogP) is 4.55. The number of carbonyl (C=O) groups is 2. The zero-order valence-electron chi connectivity index (χ0n) is 11.1. The third-order valence-electron chi connectivity index (χ3n) is 2.56. The molecule has 0 bridgehead atoms. The van der Waals surface area contributed by atoms with Gasteiger partial charge in [0, 0.05) is 20.2 Å². The standard InChI is InChI=1S/C15H10BrCl2NO3/c16-10-3-1-9(2-4-10)15(21)22-8-14(20)19-13-6-11(17)5-12(18)7-13/h1-7H,8H2,(H,19,20). The van der Waals surface area contributed by atoms with E-state index in [1.807, 2.05) is 0 Å². The van der Waals surface area contributed by atoms with Crippen molar-refractivity contribution in [1.29, 1.82) is 0 Å². The van der Waals surface area contributed by atoms with E-state index in [9.17, 15) is 9.59 Å². The molecule has 1 amide bonds. The molecule has 0 aliphatic heterocycles. The number of esters is 1. The molecule has 0 aliphatic carbocycles. The van der Waals surface area contributed by atoms with Crippen LogP contribution >= 0.6 is 39.1 Å². The molecule has 2 rings (SSSR count). The van der Waals surface area contributed by atoms with Gasteiger partial charge in [0.15, 0.2) is 6.61 Å². The summed E-state index contributed by atoms with van der Waals surface area (Å²) in [5.41, 5.74) is 0.795. The highest BCUT2D eigenvalue weighted by Crippen LogP contribution is 2.22. The van der Waals surface area contributed by atoms with Gasteiger partial charge in [-0.1, -0.05) is 39.1 Å². The Kier molecular flexibility index (Phi) is 5.83. The van der Waals surface area contributed by atoms with Crippen molar-refractivity contribution in [3.8, 4) is 0 Å². The average molecular weight is 403 g/mol. The van der Waals surface area contributed by atoms with Gasteiger partial charge in [-0.05, 0) is 42.5 Å². The van der Waals surface area contributed by atoms with E-state index in [0.717, 1.165) is 4.47 Å². The van der Waals surface area contributed by atoms with Crippen LogP contribution in [0.4, 0.5) is 5.69 Å². The smallest absolute Gasteiger partial charge is 0.338 e. The number of amides is 1. The monoisotopic (exact) mass is 401 g/mol. The Hall–Kier alpha value is -1.56. The maximum atomic E-state index is 11.8. The lowest BCUT2D eigenvalue weighted by atomic mass is 10.2. The summed E-state index contributed by atoms with van der Waals surface area (Å²) < 4.78 is 5.78. The maximum absolute atomic E-state index is 11.8. The van der Waals surface area contributed by atoms with Crippen LogP contribution in [0.15, 0.2) is 46.9 Å². The van der Waals surface area contributed by atoms with Gasteiger partial charge in [0.05, 0.1) is 5.56 Å². The molecule has 4 nitrogen and oxygen atoms in total. The van der Waals surface area contributed by atoms with Gasteiger partial charge >= 0.3 is 5.97 Å². The second kappa shape index (κ2) is 7.63. The number of rotatable bonds is 4. The molecular weight excluding hydrogens is 393 g/mol. The molecular formula is C15H10BrCl2NO3. The zero-order chi connectivity index (χ0) is 16.1. The lowest BCUT2D eigenvalue weighted by Crippen LogP contribution is -2.20. The summed E-state index contributed by atoms with van der Waals surface area (Å²) in [6, 6.07) is 11.3. The molecule has 0 atom stereocenters. The van der Waals surface area contributed by atoms with Crippen LogP contribution in [0.2, 0.25) is 10.0 Å². The lowest BCUT2D eigenvalue weighted by molar-refractivity contribution is -0.119. The summed E-state index contributed by atoms with van der Waals surface area (Å²) in [4.78, 5) is 23.5. The maximum Gasteiger partial charge on any atom is 0.338 e. The Morgan fingerprint density at radius 1 is 1.05 bits per heavy atom. The number of hydrogen-bond donors (Lipinski definition) is 1. The van der Waals surface area contributed by atoms with Gasteiger partial charge < -0.3 is 10.1 Å². The van der Waals surface area contributed by atoms with E-state index in [-0.39, 0.29) is 0 Å². The first-order valence-corrected chi connectivity index (χ1v) is 7.67. The molecule has 2 aromatic rings. The first kappa shape index (κ1) is 16.8. The van der Waals surface area contributed by atoms with E-state index < -0.39 is 18.5 Å². The summed E-state index contributed by atoms with van der Waals surface area (Å²) in [7, 11) is 0. The van der Waals surface area contributed by atoms with Crippen molar-refractivity contribution in [2.45, 2.75) is 0 Å². The van der Waals surface area contributed by atoms with E-state index in [1.54, 1.807) is 42.5 Å². The number of hydrogen-bond acceptors (Lipinski definition) is 3. The molecule has 0 unspecified atom stereocenters. The first-order valence-electron chi connectivity index (χ1n) is 6.12. The molecule has 0 saturated carbocycles. The summed E-state index contributed by atoms with van der Waals surface area (Å²) >= 11 is 14.9. The van der Waals surface area contributed by atoms with Crippen LogP contribution in [0.1, 0.15) is 10.4 Å². The number of ether oxygens (including phenoxy) is 1. The van der Waals surface area contributed by atoms with Crippen LogP contribution in [-0.2, 0) is 9.53 Å². The molecule has 0 fully saturated rings. The van der Waals surface area contributed by atoms with Gasteiger partial charge in [0.1, 0.15) is 0 Å². The van der Waals surface area contributed by atoms with Crippen LogP contribution in [-0.4, -0.2) is 18.5 Å². The SMILES string of the molecule is O=C(COC(=O)c1ccc(Br)cc1)Nc1cc(Cl)cc(Cl)c1. The lowest BCUT2D eigenvalue weighted by Gasteiger charge is -2.07. The minimum atomic E-state index is -0.577. The molecule has 2 aromatic carbocycles. The van der Waals surface area contributed by atoms with Crippen molar-refractivity contribution < 1.29 is 14.3 Å². The highest BCUT2D eigenvalue weighted by molar-refractivity contribution is 9.10. The van der Waals surface area contributed by atoms with Crippen LogP contribution in [0, 0.1) is 0 Å². The Labute approximate surface area is 145 Å². The molecule has 0 radical (unpaired) electrons. The quantitative estimate of drug-likeness (QED) is 0.763. The van der Waals surface area contributed by atoms with Crippen molar-refractivity contribution in [3.05, 3.63) is 62.5 Å². The molecule has 0 aromatic heterocycles. The van der Waals surface area contributed by atoms with Crippen molar-refractivity contribution in [2.75, 3.05) is 11.9 Å². The average Bonchev–Trinajstić information content (AvgIpc) is 2.44. The molecule has 7 heteroatoms. The van der Waals surface area contributed by atoms with Gasteiger partial charge in [-0.25, -0.2) is 4.79 Å². The van der Waals surface area contributed by atoms with Gasteiger partial charge in [-0.15, -0.1) is 0 Å². The third kappa shape index (κ3) is 5.02. The van der Waals surface area contributed by atoms with Crippen molar-refractivity contribution in [1.82, 2.24) is 0 Å². The van der Waals surface area contributed by atoms with Crippen LogP contribution in [0.3, 0.4) is 0 Å². The molecule has 114 valence electrons. The second-order valence-electron chi connectivity index (χ2n) is 4.29. The zero-order valence-corrected chi connectivity index (χ0v) is 14.2. The number of carbonyl (C=O) groups excluding carboxylic acids is 2. The van der Waals surface area contributed by atoms with Gasteiger partial charge in [0.25, 0.3) is 5.91 Å². The second-order valence-corrected chi connectivity index (χ2v) is 6.08. The Bertz CT molecular complexity index is 684. The minimum Gasteiger partial charge on any atom is -0.452 e. The van der Waals surface area contributed by atoms with Crippen LogP contribution in [0.5, 0.6) is 0 Å². The molecule has 0 heterocycles. The van der Waals surface area contributed by atoms with E-state index in [2.05, 4.69) is 21.2 Å². The van der Waals surface area contributed by atoms with Crippen LogP contribution < -0.4 is 5.32 Å². The molecule has 0 aliphatic rings. The van der Waals surface area contributed by atoms with Gasteiger partial charge in [-0.3, -0.25) is 4.79 Å². The molecule has 22 heavy (non-hydrogen) atoms. The first-order chi connectivity index (χ1) is 10.4. The largest absolute Gasteiger partial charge is 0.452 e. The van der Waals surface area contributed by atoms with E-state index in [0.29, 0.717) is 21.3 Å². The number of benzene rings is 2. The van der Waals surface area contributed by atoms with Crippen LogP contribution in [0.25, 0.3) is 0 Å². The fraction of sp³-hybridized carbons (Fsp3) is 0.0667. The molecule has 0 saturated heterocycles. The number of nitrogens with one attached hydrogen (secondary N) is 1. The van der Waals surface area contributed by atoms with E-state index >= 15 is 0 Å². The minimum absolute atomic E-state index is 0.363. The Morgan fingerprint density at radius 3 is 2.23 bits per heavy atom. The summed E-state index contributed by atoms with van der Waals surface area (Å²) in [6.45, 7) is -0.404. The van der Waals surface area contributed by atoms with Crippen molar-refractivity contribution >= 4 is 56.7 Å². The molecule has 1 N–H and O–H groups in total. The van der Waals surface area contributed by atoms with E-state index in [1.165, 1.54) is 0 Å². The highest BCUT2D eigenvalue weighted by Gasteiger charge is 2.10. The highest BCUT2D eigenvalue weighted by atomic mass is 79.9. The molecule has 0 spiro atoms. The van der Waals surface area contributed by atoms with E-state index in [4.69, 9.17) is 27.9 Å². The predicted molar refractivity (Wildman–Crippen MR) is 89.5 cm³/mol. The topological polar surface area (TPSA) is 55.4 Å². The number of halogens is 3. The normalized spacial score (nSPS) is 10.1. The fourth-order valence-electron chi connectivity index (χ4n) is 1.62. The summed E-state index contributed by atoms with van der Waals surface area (Å²) in [5, 5.41) is 3.34. The number of anilines is 1. The summed E-state index contributed by atoms with van der Waals surface area (Å²) in [5.74, 6) is -1.06. The van der Waals surface area contributed by atoms with Gasteiger partial charge in [0.2, 0.25) is 0 Å².